The van der Waals surface area contributed by atoms with Crippen LogP contribution in [0.25, 0.3) is 0 Å². The predicted molar refractivity (Wildman–Crippen MR) is 144 cm³/mol. The number of ether oxygens (including phenoxy) is 2. The molecule has 192 valence electrons. The van der Waals surface area contributed by atoms with Crippen molar-refractivity contribution in [2.24, 2.45) is 0 Å². The van der Waals surface area contributed by atoms with Crippen molar-refractivity contribution in [1.29, 1.82) is 0 Å². The molecule has 0 aliphatic heterocycles. The molecular formula is C28H40N2O4S. The molecule has 7 heteroatoms. The van der Waals surface area contributed by atoms with E-state index in [4.69, 9.17) is 9.47 Å². The van der Waals surface area contributed by atoms with E-state index in [9.17, 15) is 9.59 Å². The number of hydrogen-bond donors (Lipinski definition) is 2. The Morgan fingerprint density at radius 2 is 1.03 bits per heavy atom. The van der Waals surface area contributed by atoms with Crippen molar-refractivity contribution in [3.05, 3.63) is 71.8 Å². The van der Waals surface area contributed by atoms with Crippen LogP contribution in [0.4, 0.5) is 9.59 Å². The number of carbonyl (C=O) groups is 2. The lowest BCUT2D eigenvalue weighted by Crippen LogP contribution is -2.43. The highest BCUT2D eigenvalue weighted by Crippen LogP contribution is 2.15. The molecule has 0 spiro atoms. The zero-order chi connectivity index (χ0) is 25.9. The summed E-state index contributed by atoms with van der Waals surface area (Å²) in [6.45, 7) is 11.1. The molecule has 2 atom stereocenters. The van der Waals surface area contributed by atoms with E-state index in [-0.39, 0.29) is 12.1 Å². The van der Waals surface area contributed by atoms with Gasteiger partial charge >= 0.3 is 12.2 Å². The molecule has 0 aromatic heterocycles. The van der Waals surface area contributed by atoms with E-state index < -0.39 is 23.4 Å². The summed E-state index contributed by atoms with van der Waals surface area (Å²) in [5.74, 6) is 1.35. The zero-order valence-corrected chi connectivity index (χ0v) is 22.6. The molecule has 2 rings (SSSR count). The summed E-state index contributed by atoms with van der Waals surface area (Å²) in [4.78, 5) is 24.9. The van der Waals surface area contributed by atoms with Crippen molar-refractivity contribution < 1.29 is 19.1 Å². The van der Waals surface area contributed by atoms with Crippen LogP contribution in [-0.4, -0.2) is 47.0 Å². The van der Waals surface area contributed by atoms with E-state index >= 15 is 0 Å². The van der Waals surface area contributed by atoms with E-state index in [1.165, 1.54) is 0 Å². The lowest BCUT2D eigenvalue weighted by atomic mass is 10.1. The molecule has 0 bridgehead atoms. The van der Waals surface area contributed by atoms with Gasteiger partial charge in [-0.3, -0.25) is 0 Å². The number of nitrogens with one attached hydrogen (secondary N) is 2. The third kappa shape index (κ3) is 13.1. The first-order chi connectivity index (χ1) is 16.4. The van der Waals surface area contributed by atoms with Crippen molar-refractivity contribution in [2.75, 3.05) is 11.5 Å². The van der Waals surface area contributed by atoms with Crippen molar-refractivity contribution in [3.8, 4) is 0 Å². The third-order valence-corrected chi connectivity index (χ3v) is 6.01. The van der Waals surface area contributed by atoms with E-state index in [1.54, 1.807) is 11.8 Å². The van der Waals surface area contributed by atoms with Crippen LogP contribution in [-0.2, 0) is 22.3 Å². The van der Waals surface area contributed by atoms with Crippen molar-refractivity contribution in [3.63, 3.8) is 0 Å². The van der Waals surface area contributed by atoms with Gasteiger partial charge in [0, 0.05) is 23.6 Å². The molecule has 2 aromatic carbocycles. The molecule has 2 N–H and O–H groups in total. The normalized spacial score (nSPS) is 13.4. The minimum Gasteiger partial charge on any atom is -0.444 e. The number of rotatable bonds is 10. The third-order valence-electron chi connectivity index (χ3n) is 4.73. The highest BCUT2D eigenvalue weighted by atomic mass is 32.2. The Morgan fingerprint density at radius 3 is 1.34 bits per heavy atom. The second-order valence-corrected chi connectivity index (χ2v) is 11.7. The van der Waals surface area contributed by atoms with Gasteiger partial charge in [0.2, 0.25) is 0 Å². The average Bonchev–Trinajstić information content (AvgIpc) is 2.72. The fourth-order valence-electron chi connectivity index (χ4n) is 3.40. The molecule has 0 saturated carbocycles. The first-order valence-electron chi connectivity index (χ1n) is 12.0. The summed E-state index contributed by atoms with van der Waals surface area (Å²) in [5.41, 5.74) is 1.16. The van der Waals surface area contributed by atoms with Gasteiger partial charge in [-0.2, -0.15) is 11.8 Å². The van der Waals surface area contributed by atoms with Crippen LogP contribution in [0, 0.1) is 0 Å². The zero-order valence-electron chi connectivity index (χ0n) is 21.8. The molecule has 0 fully saturated rings. The standard InChI is InChI=1S/C28H40N2O4S/c1-27(2,3)33-25(31)29-23(17-21-13-9-7-10-14-21)19-35-20-24(18-22-15-11-8-12-16-22)30-26(32)34-28(4,5)6/h7-16,23-24H,17-20H2,1-6H3,(H,29,31)(H,30,32)/t23-,24-/m0/s1. The number of benzene rings is 2. The van der Waals surface area contributed by atoms with Gasteiger partial charge in [0.25, 0.3) is 0 Å². The Hall–Kier alpha value is -2.67. The van der Waals surface area contributed by atoms with Gasteiger partial charge in [0.1, 0.15) is 11.2 Å². The monoisotopic (exact) mass is 500 g/mol. The molecule has 0 saturated heterocycles. The second kappa shape index (κ2) is 13.4. The van der Waals surface area contributed by atoms with Crippen LogP contribution in [0.3, 0.4) is 0 Å². The van der Waals surface area contributed by atoms with Gasteiger partial charge in [0.15, 0.2) is 0 Å². The molecule has 6 nitrogen and oxygen atoms in total. The van der Waals surface area contributed by atoms with Crippen LogP contribution in [0.2, 0.25) is 0 Å². The minimum absolute atomic E-state index is 0.115. The van der Waals surface area contributed by atoms with Gasteiger partial charge in [-0.1, -0.05) is 60.7 Å². The van der Waals surface area contributed by atoms with Crippen LogP contribution >= 0.6 is 11.8 Å². The summed E-state index contributed by atoms with van der Waals surface area (Å²) in [6.07, 6.45) is 0.532. The summed E-state index contributed by atoms with van der Waals surface area (Å²) in [5, 5.41) is 6.05. The van der Waals surface area contributed by atoms with Gasteiger partial charge < -0.3 is 20.1 Å². The SMILES string of the molecule is CC(C)(C)OC(=O)N[C@H](CSC[C@H](Cc1ccccc1)NC(=O)OC(C)(C)C)Cc1ccccc1. The lowest BCUT2D eigenvalue weighted by Gasteiger charge is -2.25. The van der Waals surface area contributed by atoms with Gasteiger partial charge in [-0.05, 0) is 65.5 Å². The van der Waals surface area contributed by atoms with Crippen molar-refractivity contribution in [2.45, 2.75) is 77.7 Å². The Kier molecular flexibility index (Phi) is 11.0. The largest absolute Gasteiger partial charge is 0.444 e. The summed E-state index contributed by atoms with van der Waals surface area (Å²) < 4.78 is 11.0. The van der Waals surface area contributed by atoms with Crippen LogP contribution in [0.15, 0.2) is 60.7 Å². The number of thioether (sulfide) groups is 1. The molecular weight excluding hydrogens is 460 g/mol. The van der Waals surface area contributed by atoms with Gasteiger partial charge in [0.05, 0.1) is 0 Å². The Balaban J connectivity index is 2.03. The fraction of sp³-hybridized carbons (Fsp3) is 0.500. The maximum absolute atomic E-state index is 12.5. The van der Waals surface area contributed by atoms with Gasteiger partial charge in [-0.25, -0.2) is 9.59 Å². The van der Waals surface area contributed by atoms with E-state index in [1.807, 2.05) is 77.9 Å². The second-order valence-electron chi connectivity index (χ2n) is 10.6. The molecule has 2 aromatic rings. The molecule has 0 heterocycles. The van der Waals surface area contributed by atoms with E-state index in [0.717, 1.165) is 11.1 Å². The number of alkyl carbamates (subject to hydrolysis) is 2. The van der Waals surface area contributed by atoms with Crippen LogP contribution in [0.5, 0.6) is 0 Å². The highest BCUT2D eigenvalue weighted by molar-refractivity contribution is 7.99. The summed E-state index contributed by atoms with van der Waals surface area (Å²) >= 11 is 1.69. The maximum Gasteiger partial charge on any atom is 0.407 e. The first kappa shape index (κ1) is 28.6. The number of hydrogen-bond acceptors (Lipinski definition) is 5. The maximum atomic E-state index is 12.5. The molecule has 0 unspecified atom stereocenters. The van der Waals surface area contributed by atoms with E-state index in [2.05, 4.69) is 34.9 Å². The molecule has 2 amide bonds. The molecule has 35 heavy (non-hydrogen) atoms. The Labute approximate surface area is 214 Å². The van der Waals surface area contributed by atoms with E-state index in [0.29, 0.717) is 24.3 Å². The molecule has 0 aliphatic carbocycles. The lowest BCUT2D eigenvalue weighted by molar-refractivity contribution is 0.0498. The molecule has 0 radical (unpaired) electrons. The highest BCUT2D eigenvalue weighted by Gasteiger charge is 2.22. The minimum atomic E-state index is -0.563. The predicted octanol–water partition coefficient (Wildman–Crippen LogP) is 5.99. The fourth-order valence-corrected chi connectivity index (χ4v) is 4.51. The van der Waals surface area contributed by atoms with Crippen LogP contribution in [0.1, 0.15) is 52.7 Å². The summed E-state index contributed by atoms with van der Waals surface area (Å²) in [6, 6.07) is 19.9. The Bertz CT molecular complexity index is 833. The van der Waals surface area contributed by atoms with Crippen molar-refractivity contribution in [1.82, 2.24) is 10.6 Å². The number of amides is 2. The van der Waals surface area contributed by atoms with Crippen LogP contribution < -0.4 is 10.6 Å². The summed E-state index contributed by atoms with van der Waals surface area (Å²) in [7, 11) is 0. The van der Waals surface area contributed by atoms with Crippen molar-refractivity contribution >= 4 is 23.9 Å². The Morgan fingerprint density at radius 1 is 0.686 bits per heavy atom. The smallest absolute Gasteiger partial charge is 0.407 e. The topological polar surface area (TPSA) is 76.7 Å². The number of carbonyl (C=O) groups excluding carboxylic acids is 2. The quantitative estimate of drug-likeness (QED) is 0.419. The van der Waals surface area contributed by atoms with Gasteiger partial charge in [-0.15, -0.1) is 0 Å². The molecule has 0 aliphatic rings. The first-order valence-corrected chi connectivity index (χ1v) is 13.2. The average molecular weight is 501 g/mol.